The molecule has 1 rings (SSSR count). The maximum absolute atomic E-state index is 6.35. The Bertz CT molecular complexity index is 333. The molecule has 3 heteroatoms. The van der Waals surface area contributed by atoms with E-state index in [2.05, 4.69) is 30.9 Å². The van der Waals surface area contributed by atoms with Crippen molar-refractivity contribution >= 4 is 17.3 Å². The van der Waals surface area contributed by atoms with E-state index in [1.54, 1.807) is 0 Å². The summed E-state index contributed by atoms with van der Waals surface area (Å²) in [7, 11) is 0. The van der Waals surface area contributed by atoms with Gasteiger partial charge in [0.1, 0.15) is 0 Å². The van der Waals surface area contributed by atoms with Crippen molar-refractivity contribution in [1.82, 2.24) is 0 Å². The van der Waals surface area contributed by atoms with Gasteiger partial charge in [0.05, 0.1) is 10.7 Å². The third-order valence-corrected chi connectivity index (χ3v) is 3.08. The van der Waals surface area contributed by atoms with Gasteiger partial charge in [-0.25, -0.2) is 0 Å². The lowest BCUT2D eigenvalue weighted by Gasteiger charge is -2.25. The van der Waals surface area contributed by atoms with Crippen molar-refractivity contribution in [1.29, 1.82) is 0 Å². The molecule has 0 spiro atoms. The van der Waals surface area contributed by atoms with Gasteiger partial charge in [0.2, 0.25) is 0 Å². The second-order valence-corrected chi connectivity index (χ2v) is 4.72. The first kappa shape index (κ1) is 14.3. The van der Waals surface area contributed by atoms with Crippen LogP contribution in [0.1, 0.15) is 32.3 Å². The predicted octanol–water partition coefficient (Wildman–Crippen LogP) is 3.47. The van der Waals surface area contributed by atoms with Crippen LogP contribution in [-0.4, -0.2) is 19.6 Å². The monoisotopic (exact) mass is 254 g/mol. The third-order valence-electron chi connectivity index (χ3n) is 2.77. The van der Waals surface area contributed by atoms with Crippen LogP contribution in [0.15, 0.2) is 18.2 Å². The molecule has 0 aliphatic rings. The lowest BCUT2D eigenvalue weighted by Crippen LogP contribution is -2.25. The van der Waals surface area contributed by atoms with Gasteiger partial charge in [-0.15, -0.1) is 0 Å². The maximum Gasteiger partial charge on any atom is 0.0642 e. The third kappa shape index (κ3) is 4.21. The summed E-state index contributed by atoms with van der Waals surface area (Å²) in [5.41, 5.74) is 7.92. The van der Waals surface area contributed by atoms with Crippen LogP contribution < -0.4 is 10.6 Å². The Morgan fingerprint density at radius 2 is 1.82 bits per heavy atom. The van der Waals surface area contributed by atoms with Crippen LogP contribution in [0.25, 0.3) is 0 Å². The van der Waals surface area contributed by atoms with E-state index in [-0.39, 0.29) is 0 Å². The fraction of sp³-hybridized carbons (Fsp3) is 0.571. The zero-order valence-electron chi connectivity index (χ0n) is 10.9. The van der Waals surface area contributed by atoms with Gasteiger partial charge in [0, 0.05) is 13.1 Å². The van der Waals surface area contributed by atoms with Gasteiger partial charge < -0.3 is 10.6 Å². The van der Waals surface area contributed by atoms with E-state index in [9.17, 15) is 0 Å². The largest absolute Gasteiger partial charge is 0.370 e. The SMILES string of the molecule is CCCN(CCC)c1ccc(CCN)cc1Cl. The van der Waals surface area contributed by atoms with E-state index >= 15 is 0 Å². The molecular formula is C14H23ClN2. The predicted molar refractivity (Wildman–Crippen MR) is 77.0 cm³/mol. The minimum Gasteiger partial charge on any atom is -0.370 e. The van der Waals surface area contributed by atoms with Crippen LogP contribution in [0.4, 0.5) is 5.69 Å². The Morgan fingerprint density at radius 1 is 1.18 bits per heavy atom. The molecule has 0 radical (unpaired) electrons. The molecule has 0 heterocycles. The summed E-state index contributed by atoms with van der Waals surface area (Å²) >= 11 is 6.35. The number of nitrogens with zero attached hydrogens (tertiary/aromatic N) is 1. The van der Waals surface area contributed by atoms with E-state index in [1.165, 1.54) is 5.56 Å². The van der Waals surface area contributed by atoms with E-state index < -0.39 is 0 Å². The molecular weight excluding hydrogens is 232 g/mol. The van der Waals surface area contributed by atoms with Gasteiger partial charge in [-0.2, -0.15) is 0 Å². The van der Waals surface area contributed by atoms with E-state index in [0.717, 1.165) is 43.1 Å². The van der Waals surface area contributed by atoms with Gasteiger partial charge in [0.25, 0.3) is 0 Å². The second-order valence-electron chi connectivity index (χ2n) is 4.31. The minimum atomic E-state index is 0.670. The molecule has 17 heavy (non-hydrogen) atoms. The standard InChI is InChI=1S/C14H23ClN2/c1-3-9-17(10-4-2)14-6-5-12(7-8-16)11-13(14)15/h5-6,11H,3-4,7-10,16H2,1-2H3. The van der Waals surface area contributed by atoms with Crippen molar-refractivity contribution in [2.24, 2.45) is 5.73 Å². The Balaban J connectivity index is 2.87. The summed E-state index contributed by atoms with van der Waals surface area (Å²) in [6.07, 6.45) is 3.17. The molecule has 0 saturated carbocycles. The Morgan fingerprint density at radius 3 is 2.29 bits per heavy atom. The fourth-order valence-corrected chi connectivity index (χ4v) is 2.34. The average molecular weight is 255 g/mol. The molecule has 0 atom stereocenters. The molecule has 1 aromatic carbocycles. The first-order valence-corrected chi connectivity index (χ1v) is 6.84. The Hall–Kier alpha value is -0.730. The summed E-state index contributed by atoms with van der Waals surface area (Å²) in [4.78, 5) is 2.36. The van der Waals surface area contributed by atoms with Crippen LogP contribution in [0, 0.1) is 0 Å². The first-order chi connectivity index (χ1) is 8.22. The van der Waals surface area contributed by atoms with Gasteiger partial charge in [-0.05, 0) is 43.5 Å². The highest BCUT2D eigenvalue weighted by molar-refractivity contribution is 6.33. The minimum absolute atomic E-state index is 0.670. The van der Waals surface area contributed by atoms with Crippen LogP contribution in [-0.2, 0) is 6.42 Å². The quantitative estimate of drug-likeness (QED) is 0.807. The normalized spacial score (nSPS) is 10.6. The van der Waals surface area contributed by atoms with Crippen molar-refractivity contribution < 1.29 is 0 Å². The molecule has 2 N–H and O–H groups in total. The second kappa shape index (κ2) is 7.57. The fourth-order valence-electron chi connectivity index (χ4n) is 2.02. The molecule has 0 saturated heterocycles. The molecule has 1 aromatic rings. The van der Waals surface area contributed by atoms with E-state index in [4.69, 9.17) is 17.3 Å². The number of hydrogen-bond acceptors (Lipinski definition) is 2. The molecule has 0 aromatic heterocycles. The van der Waals surface area contributed by atoms with Crippen LogP contribution in [0.2, 0.25) is 5.02 Å². The number of benzene rings is 1. The number of halogens is 1. The molecule has 0 fully saturated rings. The van der Waals surface area contributed by atoms with Crippen LogP contribution >= 0.6 is 11.6 Å². The lowest BCUT2D eigenvalue weighted by atomic mass is 10.1. The van der Waals surface area contributed by atoms with E-state index in [1.807, 2.05) is 6.07 Å². The highest BCUT2D eigenvalue weighted by atomic mass is 35.5. The van der Waals surface area contributed by atoms with Gasteiger partial charge in [-0.3, -0.25) is 0 Å². The van der Waals surface area contributed by atoms with E-state index in [0.29, 0.717) is 6.54 Å². The summed E-state index contributed by atoms with van der Waals surface area (Å²) in [6.45, 7) is 7.18. The lowest BCUT2D eigenvalue weighted by molar-refractivity contribution is 0.745. The van der Waals surface area contributed by atoms with Crippen molar-refractivity contribution in [3.8, 4) is 0 Å². The van der Waals surface area contributed by atoms with Crippen LogP contribution in [0.3, 0.4) is 0 Å². The van der Waals surface area contributed by atoms with Crippen molar-refractivity contribution in [2.45, 2.75) is 33.1 Å². The smallest absolute Gasteiger partial charge is 0.0642 e. The number of nitrogens with two attached hydrogens (primary N) is 1. The van der Waals surface area contributed by atoms with Crippen molar-refractivity contribution in [2.75, 3.05) is 24.5 Å². The summed E-state index contributed by atoms with van der Waals surface area (Å²) in [5.74, 6) is 0. The summed E-state index contributed by atoms with van der Waals surface area (Å²) < 4.78 is 0. The van der Waals surface area contributed by atoms with Crippen molar-refractivity contribution in [3.63, 3.8) is 0 Å². The van der Waals surface area contributed by atoms with Gasteiger partial charge in [-0.1, -0.05) is 31.5 Å². The first-order valence-electron chi connectivity index (χ1n) is 6.46. The highest BCUT2D eigenvalue weighted by Crippen LogP contribution is 2.27. The molecule has 0 aliphatic carbocycles. The van der Waals surface area contributed by atoms with Crippen molar-refractivity contribution in [3.05, 3.63) is 28.8 Å². The zero-order chi connectivity index (χ0) is 12.7. The molecule has 0 unspecified atom stereocenters. The van der Waals surface area contributed by atoms with Gasteiger partial charge in [0.15, 0.2) is 0 Å². The maximum atomic E-state index is 6.35. The molecule has 2 nitrogen and oxygen atoms in total. The average Bonchev–Trinajstić information content (AvgIpc) is 2.29. The zero-order valence-corrected chi connectivity index (χ0v) is 11.6. The number of anilines is 1. The molecule has 96 valence electrons. The highest BCUT2D eigenvalue weighted by Gasteiger charge is 2.09. The number of rotatable bonds is 7. The molecule has 0 bridgehead atoms. The molecule has 0 amide bonds. The topological polar surface area (TPSA) is 29.3 Å². The number of hydrogen-bond donors (Lipinski definition) is 1. The van der Waals surface area contributed by atoms with Gasteiger partial charge >= 0.3 is 0 Å². The Kier molecular flexibility index (Phi) is 6.38. The molecule has 0 aliphatic heterocycles. The Labute approximate surface area is 110 Å². The summed E-state index contributed by atoms with van der Waals surface area (Å²) in [6, 6.07) is 6.30. The summed E-state index contributed by atoms with van der Waals surface area (Å²) in [5, 5.41) is 0.845. The van der Waals surface area contributed by atoms with Crippen LogP contribution in [0.5, 0.6) is 0 Å².